The van der Waals surface area contributed by atoms with Gasteiger partial charge in [0.25, 0.3) is 5.91 Å². The van der Waals surface area contributed by atoms with Crippen LogP contribution in [0.3, 0.4) is 0 Å². The van der Waals surface area contributed by atoms with Gasteiger partial charge < -0.3 is 10.6 Å². The Balaban J connectivity index is 0.00000208. The quantitative estimate of drug-likeness (QED) is 0.907. The van der Waals surface area contributed by atoms with Crippen molar-refractivity contribution < 1.29 is 4.79 Å². The largest absolute Gasteiger partial charge is 0.338 e. The van der Waals surface area contributed by atoms with Crippen LogP contribution in [0.2, 0.25) is 0 Å². The molecule has 2 heterocycles. The number of carbonyl (C=O) groups is 1. The number of carbonyl (C=O) groups excluding carboxylic acids is 1. The van der Waals surface area contributed by atoms with Crippen LogP contribution in [0.4, 0.5) is 0 Å². The van der Waals surface area contributed by atoms with E-state index in [9.17, 15) is 4.79 Å². The van der Waals surface area contributed by atoms with Gasteiger partial charge in [-0.15, -0.1) is 12.4 Å². The summed E-state index contributed by atoms with van der Waals surface area (Å²) in [5, 5.41) is 4.38. The molecule has 1 saturated heterocycles. The summed E-state index contributed by atoms with van der Waals surface area (Å²) in [6, 6.07) is 9.71. The number of piperidine rings is 1. The Kier molecular flexibility index (Phi) is 5.35. The first-order valence-corrected chi connectivity index (χ1v) is 8.04. The zero-order valence-electron chi connectivity index (χ0n) is 14.4. The molecular weight excluding hydrogens is 324 g/mol. The van der Waals surface area contributed by atoms with Crippen LogP contribution >= 0.6 is 12.4 Å². The molecule has 24 heavy (non-hydrogen) atoms. The molecule has 3 rings (SSSR count). The van der Waals surface area contributed by atoms with Crippen molar-refractivity contribution in [3.05, 3.63) is 47.8 Å². The van der Waals surface area contributed by atoms with E-state index >= 15 is 0 Å². The minimum absolute atomic E-state index is 0. The molecule has 6 heteroatoms. The summed E-state index contributed by atoms with van der Waals surface area (Å²) in [5.41, 5.74) is 8.75. The average Bonchev–Trinajstić information content (AvgIpc) is 2.96. The second kappa shape index (κ2) is 6.95. The van der Waals surface area contributed by atoms with Gasteiger partial charge in [0.15, 0.2) is 0 Å². The zero-order valence-corrected chi connectivity index (χ0v) is 15.2. The second-order valence-electron chi connectivity index (χ2n) is 7.06. The molecule has 0 spiro atoms. The Morgan fingerprint density at radius 1 is 1.25 bits per heavy atom. The summed E-state index contributed by atoms with van der Waals surface area (Å²) in [6.07, 6.45) is 2.77. The highest BCUT2D eigenvalue weighted by molar-refractivity contribution is 5.94. The average molecular weight is 349 g/mol. The molecule has 5 nitrogen and oxygen atoms in total. The van der Waals surface area contributed by atoms with E-state index in [-0.39, 0.29) is 29.8 Å². The van der Waals surface area contributed by atoms with Crippen molar-refractivity contribution in [2.75, 3.05) is 13.1 Å². The number of benzene rings is 1. The predicted octanol–water partition coefficient (Wildman–Crippen LogP) is 2.80. The number of halogens is 1. The SMILES string of the molecule is Cc1ccn(-c2ccc(C(=O)N3CCC(N)C(C)(C)C3)cc2)n1.Cl. The van der Waals surface area contributed by atoms with Gasteiger partial charge in [-0.05, 0) is 49.1 Å². The number of aryl methyl sites for hydroxylation is 1. The van der Waals surface area contributed by atoms with Crippen molar-refractivity contribution in [2.24, 2.45) is 11.1 Å². The molecule has 1 unspecified atom stereocenters. The van der Waals surface area contributed by atoms with Gasteiger partial charge in [-0.2, -0.15) is 5.10 Å². The number of likely N-dealkylation sites (tertiary alicyclic amines) is 1. The number of amides is 1. The van der Waals surface area contributed by atoms with Crippen molar-refractivity contribution in [3.63, 3.8) is 0 Å². The van der Waals surface area contributed by atoms with Crippen LogP contribution in [-0.4, -0.2) is 39.7 Å². The van der Waals surface area contributed by atoms with Crippen LogP contribution in [0.1, 0.15) is 36.3 Å². The lowest BCUT2D eigenvalue weighted by Crippen LogP contribution is -2.53. The van der Waals surface area contributed by atoms with Gasteiger partial charge in [0.2, 0.25) is 0 Å². The molecule has 2 aromatic rings. The summed E-state index contributed by atoms with van der Waals surface area (Å²) >= 11 is 0. The van der Waals surface area contributed by atoms with Gasteiger partial charge in [0, 0.05) is 30.9 Å². The Bertz CT molecular complexity index is 708. The topological polar surface area (TPSA) is 64.2 Å². The molecule has 1 aliphatic rings. The van der Waals surface area contributed by atoms with Crippen LogP contribution in [0.5, 0.6) is 0 Å². The summed E-state index contributed by atoms with van der Waals surface area (Å²) in [7, 11) is 0. The van der Waals surface area contributed by atoms with Crippen LogP contribution in [0.15, 0.2) is 36.5 Å². The summed E-state index contributed by atoms with van der Waals surface area (Å²) in [5.74, 6) is 0.0770. The number of hydrogen-bond acceptors (Lipinski definition) is 3. The van der Waals surface area contributed by atoms with Crippen LogP contribution < -0.4 is 5.73 Å². The van der Waals surface area contributed by atoms with E-state index in [0.29, 0.717) is 12.1 Å². The highest BCUT2D eigenvalue weighted by Gasteiger charge is 2.35. The van der Waals surface area contributed by atoms with Gasteiger partial charge in [-0.25, -0.2) is 4.68 Å². The van der Waals surface area contributed by atoms with Crippen molar-refractivity contribution in [3.8, 4) is 5.69 Å². The molecule has 0 saturated carbocycles. The first-order chi connectivity index (χ1) is 10.9. The van der Waals surface area contributed by atoms with Crippen LogP contribution in [-0.2, 0) is 0 Å². The standard InChI is InChI=1S/C18H24N4O.ClH/c1-13-8-11-22(20-13)15-6-4-14(5-7-15)17(23)21-10-9-16(19)18(2,3)12-21;/h4-8,11,16H,9-10,12,19H2,1-3H3;1H. The van der Waals surface area contributed by atoms with Gasteiger partial charge >= 0.3 is 0 Å². The Hall–Kier alpha value is -1.85. The van der Waals surface area contributed by atoms with Crippen molar-refractivity contribution in [1.82, 2.24) is 14.7 Å². The van der Waals surface area contributed by atoms with E-state index in [1.54, 1.807) is 0 Å². The van der Waals surface area contributed by atoms with E-state index in [2.05, 4.69) is 18.9 Å². The Labute approximate surface area is 149 Å². The molecular formula is C18H25ClN4O. The highest BCUT2D eigenvalue weighted by Crippen LogP contribution is 2.28. The van der Waals surface area contributed by atoms with Gasteiger partial charge in [-0.1, -0.05) is 13.8 Å². The van der Waals surface area contributed by atoms with E-state index in [4.69, 9.17) is 5.73 Å². The highest BCUT2D eigenvalue weighted by atomic mass is 35.5. The lowest BCUT2D eigenvalue weighted by molar-refractivity contribution is 0.0533. The molecule has 2 N–H and O–H groups in total. The van der Waals surface area contributed by atoms with Crippen LogP contribution in [0, 0.1) is 12.3 Å². The number of nitrogens with two attached hydrogens (primary N) is 1. The van der Waals surface area contributed by atoms with Gasteiger partial charge in [-0.3, -0.25) is 4.79 Å². The van der Waals surface area contributed by atoms with Gasteiger partial charge in [0.1, 0.15) is 0 Å². The number of aromatic nitrogens is 2. The maximum atomic E-state index is 12.7. The number of hydrogen-bond donors (Lipinski definition) is 1. The fraction of sp³-hybridized carbons (Fsp3) is 0.444. The molecule has 1 amide bonds. The molecule has 130 valence electrons. The lowest BCUT2D eigenvalue weighted by Gasteiger charge is -2.42. The zero-order chi connectivity index (χ0) is 16.6. The van der Waals surface area contributed by atoms with E-state index < -0.39 is 0 Å². The maximum Gasteiger partial charge on any atom is 0.253 e. The third-order valence-electron chi connectivity index (χ3n) is 4.70. The van der Waals surface area contributed by atoms with Crippen molar-refractivity contribution in [2.45, 2.75) is 33.2 Å². The van der Waals surface area contributed by atoms with E-state index in [0.717, 1.165) is 24.3 Å². The second-order valence-corrected chi connectivity index (χ2v) is 7.06. The summed E-state index contributed by atoms with van der Waals surface area (Å²) in [4.78, 5) is 14.6. The first-order valence-electron chi connectivity index (χ1n) is 8.04. The first kappa shape index (κ1) is 18.5. The minimum atomic E-state index is -0.0412. The van der Waals surface area contributed by atoms with Crippen molar-refractivity contribution >= 4 is 18.3 Å². The smallest absolute Gasteiger partial charge is 0.253 e. The van der Waals surface area contributed by atoms with E-state index in [1.165, 1.54) is 0 Å². The van der Waals surface area contributed by atoms with Crippen molar-refractivity contribution in [1.29, 1.82) is 0 Å². The fourth-order valence-corrected chi connectivity index (χ4v) is 3.05. The third kappa shape index (κ3) is 3.62. The monoisotopic (exact) mass is 348 g/mol. The van der Waals surface area contributed by atoms with Crippen LogP contribution in [0.25, 0.3) is 5.69 Å². The lowest BCUT2D eigenvalue weighted by atomic mass is 9.79. The molecule has 1 aliphatic heterocycles. The summed E-state index contributed by atoms with van der Waals surface area (Å²) in [6.45, 7) is 7.63. The fourth-order valence-electron chi connectivity index (χ4n) is 3.05. The third-order valence-corrected chi connectivity index (χ3v) is 4.70. The molecule has 1 fully saturated rings. The predicted molar refractivity (Wildman–Crippen MR) is 97.8 cm³/mol. The Morgan fingerprint density at radius 3 is 2.46 bits per heavy atom. The van der Waals surface area contributed by atoms with E-state index in [1.807, 2.05) is 53.0 Å². The normalized spacial score (nSPS) is 19.7. The Morgan fingerprint density at radius 2 is 1.92 bits per heavy atom. The number of rotatable bonds is 2. The molecule has 0 bridgehead atoms. The molecule has 1 atom stereocenters. The molecule has 0 radical (unpaired) electrons. The molecule has 0 aliphatic carbocycles. The maximum absolute atomic E-state index is 12.7. The number of nitrogens with zero attached hydrogens (tertiary/aromatic N) is 3. The molecule has 1 aromatic heterocycles. The summed E-state index contributed by atoms with van der Waals surface area (Å²) < 4.78 is 1.81. The van der Waals surface area contributed by atoms with Gasteiger partial charge in [0.05, 0.1) is 11.4 Å². The molecule has 1 aromatic carbocycles. The minimum Gasteiger partial charge on any atom is -0.338 e.